The number of hydrogen-bond acceptors (Lipinski definition) is 5. The number of aromatic carboxylic acids is 1. The molecule has 0 radical (unpaired) electrons. The number of amides is 2. The first-order valence-corrected chi connectivity index (χ1v) is 11.6. The summed E-state index contributed by atoms with van der Waals surface area (Å²) in [6.07, 6.45) is 1.72. The molecule has 1 aromatic heterocycles. The van der Waals surface area contributed by atoms with Crippen molar-refractivity contribution in [3.8, 4) is 11.4 Å². The van der Waals surface area contributed by atoms with Crippen molar-refractivity contribution in [3.05, 3.63) is 87.0 Å². The number of imide groups is 1. The van der Waals surface area contributed by atoms with E-state index in [0.29, 0.717) is 15.7 Å². The van der Waals surface area contributed by atoms with Gasteiger partial charge in [0.05, 0.1) is 17.0 Å². The van der Waals surface area contributed by atoms with Crippen molar-refractivity contribution in [2.75, 3.05) is 13.2 Å². The molecule has 2 aromatic carbocycles. The molecule has 1 N–H and O–H groups in total. The number of halogens is 1. The lowest BCUT2D eigenvalue weighted by molar-refractivity contribution is -0.123. The van der Waals surface area contributed by atoms with Crippen molar-refractivity contribution in [2.24, 2.45) is 0 Å². The molecule has 34 heavy (non-hydrogen) atoms. The van der Waals surface area contributed by atoms with Crippen LogP contribution in [0.1, 0.15) is 27.3 Å². The highest BCUT2D eigenvalue weighted by Crippen LogP contribution is 2.33. The summed E-state index contributed by atoms with van der Waals surface area (Å²) < 4.78 is 7.58. The summed E-state index contributed by atoms with van der Waals surface area (Å²) >= 11 is 6.76. The van der Waals surface area contributed by atoms with E-state index in [4.69, 9.17) is 21.4 Å². The third-order valence-electron chi connectivity index (χ3n) is 5.40. The Balaban J connectivity index is 1.49. The summed E-state index contributed by atoms with van der Waals surface area (Å²) in [6.45, 7) is 4.15. The second-order valence-electron chi connectivity index (χ2n) is 7.65. The molecule has 1 fully saturated rings. The number of ether oxygens (including phenoxy) is 1. The highest BCUT2D eigenvalue weighted by molar-refractivity contribution is 8.18. The fraction of sp³-hybridized carbons (Fsp3) is 0.160. The molecule has 3 aromatic rings. The summed E-state index contributed by atoms with van der Waals surface area (Å²) in [5.74, 6) is -0.733. The number of aryl methyl sites for hydroxylation is 1. The average Bonchev–Trinajstić information content (AvgIpc) is 3.24. The molecule has 2 heterocycles. The number of thioether (sulfide) groups is 1. The largest absolute Gasteiger partial charge is 0.492 e. The van der Waals surface area contributed by atoms with Gasteiger partial charge in [0.15, 0.2) is 0 Å². The third-order valence-corrected chi connectivity index (χ3v) is 6.56. The van der Waals surface area contributed by atoms with Crippen LogP contribution in [0.3, 0.4) is 0 Å². The van der Waals surface area contributed by atoms with E-state index in [1.807, 2.05) is 24.5 Å². The van der Waals surface area contributed by atoms with Gasteiger partial charge in [0.1, 0.15) is 12.4 Å². The van der Waals surface area contributed by atoms with Crippen LogP contribution in [0.2, 0.25) is 5.02 Å². The maximum Gasteiger partial charge on any atom is 0.335 e. The van der Waals surface area contributed by atoms with Gasteiger partial charge in [0.2, 0.25) is 0 Å². The minimum atomic E-state index is -0.984. The van der Waals surface area contributed by atoms with Gasteiger partial charge >= 0.3 is 5.97 Å². The van der Waals surface area contributed by atoms with Gasteiger partial charge in [-0.3, -0.25) is 14.5 Å². The van der Waals surface area contributed by atoms with E-state index in [9.17, 15) is 14.4 Å². The van der Waals surface area contributed by atoms with E-state index in [0.717, 1.165) is 34.4 Å². The maximum atomic E-state index is 12.9. The van der Waals surface area contributed by atoms with Crippen LogP contribution in [0, 0.1) is 13.8 Å². The van der Waals surface area contributed by atoms with Gasteiger partial charge in [0.25, 0.3) is 11.1 Å². The van der Waals surface area contributed by atoms with Crippen molar-refractivity contribution >= 4 is 46.6 Å². The van der Waals surface area contributed by atoms with Gasteiger partial charge in [0, 0.05) is 22.1 Å². The van der Waals surface area contributed by atoms with Crippen molar-refractivity contribution in [1.29, 1.82) is 0 Å². The number of nitrogens with zero attached hydrogens (tertiary/aromatic N) is 2. The van der Waals surface area contributed by atoms with Crippen molar-refractivity contribution in [2.45, 2.75) is 13.8 Å². The number of carboxylic acid groups (broad SMARTS) is 1. The minimum absolute atomic E-state index is 0.138. The van der Waals surface area contributed by atoms with Gasteiger partial charge in [-0.1, -0.05) is 11.6 Å². The van der Waals surface area contributed by atoms with Crippen LogP contribution in [-0.4, -0.2) is 44.8 Å². The zero-order valence-corrected chi connectivity index (χ0v) is 20.0. The van der Waals surface area contributed by atoms with Crippen molar-refractivity contribution in [3.63, 3.8) is 0 Å². The molecule has 0 saturated carbocycles. The first kappa shape index (κ1) is 23.7. The molecule has 0 atom stereocenters. The van der Waals surface area contributed by atoms with E-state index >= 15 is 0 Å². The zero-order valence-electron chi connectivity index (χ0n) is 18.4. The summed E-state index contributed by atoms with van der Waals surface area (Å²) in [6, 6.07) is 15.4. The molecular formula is C25H21ClN2O5S. The Kier molecular flexibility index (Phi) is 6.81. The van der Waals surface area contributed by atoms with Crippen LogP contribution < -0.4 is 4.74 Å². The molecule has 174 valence electrons. The summed E-state index contributed by atoms with van der Waals surface area (Å²) in [4.78, 5) is 37.9. The number of benzene rings is 2. The predicted molar refractivity (Wildman–Crippen MR) is 132 cm³/mol. The van der Waals surface area contributed by atoms with Crippen LogP contribution in [-0.2, 0) is 4.79 Å². The standard InChI is InChI=1S/C25H21ClN2O5S/c1-15-13-18(16(2)28(15)20-7-3-17(4-8-20)24(30)31)14-22-23(29)27(25(32)34-22)11-12-33-21-9-5-19(26)6-10-21/h3-10,13-14H,11-12H2,1-2H3,(H,30,31)/b22-14-. The average molecular weight is 497 g/mol. The fourth-order valence-corrected chi connectivity index (χ4v) is 4.69. The Morgan fingerprint density at radius 2 is 1.76 bits per heavy atom. The molecule has 9 heteroatoms. The summed E-state index contributed by atoms with van der Waals surface area (Å²) in [5, 5.41) is 9.37. The van der Waals surface area contributed by atoms with E-state index in [1.165, 1.54) is 4.90 Å². The zero-order chi connectivity index (χ0) is 24.4. The molecule has 7 nitrogen and oxygen atoms in total. The van der Waals surface area contributed by atoms with Gasteiger partial charge in [-0.15, -0.1) is 0 Å². The SMILES string of the molecule is Cc1cc(/C=C2\SC(=O)N(CCOc3ccc(Cl)cc3)C2=O)c(C)n1-c1ccc(C(=O)O)cc1. The topological polar surface area (TPSA) is 88.8 Å². The number of carbonyl (C=O) groups excluding carboxylic acids is 2. The molecule has 0 bridgehead atoms. The molecule has 1 aliphatic rings. The molecule has 4 rings (SSSR count). The van der Waals surface area contributed by atoms with E-state index in [-0.39, 0.29) is 29.9 Å². The molecule has 1 saturated heterocycles. The van der Waals surface area contributed by atoms with Gasteiger partial charge in [-0.2, -0.15) is 0 Å². The Hall–Kier alpha value is -3.49. The normalized spacial score (nSPS) is 14.8. The lowest BCUT2D eigenvalue weighted by Gasteiger charge is -2.13. The van der Waals surface area contributed by atoms with Crippen LogP contribution >= 0.6 is 23.4 Å². The molecule has 2 amide bonds. The molecular weight excluding hydrogens is 476 g/mol. The summed E-state index contributed by atoms with van der Waals surface area (Å²) in [5.41, 5.74) is 3.62. The number of rotatable bonds is 7. The molecule has 1 aliphatic heterocycles. The smallest absolute Gasteiger partial charge is 0.335 e. The second kappa shape index (κ2) is 9.79. The molecule has 0 unspecified atom stereocenters. The van der Waals surface area contributed by atoms with Gasteiger partial charge in [-0.05, 0) is 91.8 Å². The number of carboxylic acids is 1. The summed E-state index contributed by atoms with van der Waals surface area (Å²) in [7, 11) is 0. The quantitative estimate of drug-likeness (QED) is 0.431. The highest BCUT2D eigenvalue weighted by Gasteiger charge is 2.35. The van der Waals surface area contributed by atoms with Crippen molar-refractivity contribution in [1.82, 2.24) is 9.47 Å². The Morgan fingerprint density at radius 1 is 1.09 bits per heavy atom. The Morgan fingerprint density at radius 3 is 2.41 bits per heavy atom. The predicted octanol–water partition coefficient (Wildman–Crippen LogP) is 5.56. The van der Waals surface area contributed by atoms with Crippen LogP contribution in [0.4, 0.5) is 4.79 Å². The lowest BCUT2D eigenvalue weighted by Crippen LogP contribution is -2.32. The second-order valence-corrected chi connectivity index (χ2v) is 9.08. The fourth-order valence-electron chi connectivity index (χ4n) is 3.70. The number of aromatic nitrogens is 1. The minimum Gasteiger partial charge on any atom is -0.492 e. The third kappa shape index (κ3) is 4.88. The molecule has 0 aliphatic carbocycles. The Bertz CT molecular complexity index is 1300. The van der Waals surface area contributed by atoms with E-state index in [2.05, 4.69) is 0 Å². The highest BCUT2D eigenvalue weighted by atomic mass is 35.5. The first-order valence-electron chi connectivity index (χ1n) is 10.4. The van der Waals surface area contributed by atoms with Crippen LogP contribution in [0.25, 0.3) is 11.8 Å². The molecule has 0 spiro atoms. The van der Waals surface area contributed by atoms with E-state index < -0.39 is 5.97 Å². The van der Waals surface area contributed by atoms with Crippen molar-refractivity contribution < 1.29 is 24.2 Å². The number of carbonyl (C=O) groups is 3. The monoisotopic (exact) mass is 496 g/mol. The van der Waals surface area contributed by atoms with Crippen LogP contribution in [0.5, 0.6) is 5.75 Å². The van der Waals surface area contributed by atoms with Gasteiger partial charge in [-0.25, -0.2) is 4.79 Å². The Labute approximate surface area is 205 Å². The number of hydrogen-bond donors (Lipinski definition) is 1. The van der Waals surface area contributed by atoms with E-state index in [1.54, 1.807) is 54.6 Å². The lowest BCUT2D eigenvalue weighted by atomic mass is 10.2. The first-order chi connectivity index (χ1) is 16.2. The van der Waals surface area contributed by atoms with Crippen LogP contribution in [0.15, 0.2) is 59.5 Å². The maximum absolute atomic E-state index is 12.9. The van der Waals surface area contributed by atoms with Gasteiger partial charge < -0.3 is 14.4 Å².